The van der Waals surface area contributed by atoms with E-state index in [2.05, 4.69) is 0 Å². The lowest BCUT2D eigenvalue weighted by Crippen LogP contribution is -2.29. The van der Waals surface area contributed by atoms with Crippen LogP contribution in [0.3, 0.4) is 0 Å². The van der Waals surface area contributed by atoms with Gasteiger partial charge in [0.15, 0.2) is 0 Å². The number of hydrogen-bond acceptors (Lipinski definition) is 4. The first-order valence-corrected chi connectivity index (χ1v) is 6.38. The Kier molecular flexibility index (Phi) is 3.65. The first-order valence-electron chi connectivity index (χ1n) is 4.12. The molecule has 0 atom stereocenters. The minimum absolute atomic E-state index is 0.124. The summed E-state index contributed by atoms with van der Waals surface area (Å²) in [6.07, 6.45) is 0. The molecule has 0 unspecified atom stereocenters. The Bertz CT molecular complexity index is 396. The van der Waals surface area contributed by atoms with E-state index in [1.165, 1.54) is 18.4 Å². The number of hydrogen-bond donors (Lipinski definition) is 1. The van der Waals surface area contributed by atoms with Crippen molar-refractivity contribution in [2.45, 2.75) is 11.1 Å². The van der Waals surface area contributed by atoms with Gasteiger partial charge in [-0.2, -0.15) is 4.31 Å². The SMILES string of the molecule is Cc1ccc(S(=O)(=O)N(C)CCO)s1. The average Bonchev–Trinajstić information content (AvgIpc) is 2.52. The van der Waals surface area contributed by atoms with E-state index in [4.69, 9.17) is 5.11 Å². The molecular weight excluding hydrogens is 222 g/mol. The smallest absolute Gasteiger partial charge is 0.252 e. The van der Waals surface area contributed by atoms with Crippen molar-refractivity contribution in [2.24, 2.45) is 0 Å². The first-order chi connectivity index (χ1) is 6.48. The molecule has 0 bridgehead atoms. The van der Waals surface area contributed by atoms with Crippen molar-refractivity contribution in [3.05, 3.63) is 17.0 Å². The topological polar surface area (TPSA) is 57.6 Å². The van der Waals surface area contributed by atoms with Crippen molar-refractivity contribution < 1.29 is 13.5 Å². The van der Waals surface area contributed by atoms with E-state index in [1.807, 2.05) is 6.92 Å². The standard InChI is InChI=1S/C8H13NO3S2/c1-7-3-4-8(13-7)14(11,12)9(2)5-6-10/h3-4,10H,5-6H2,1-2H3. The van der Waals surface area contributed by atoms with Crippen molar-refractivity contribution in [3.8, 4) is 0 Å². The van der Waals surface area contributed by atoms with Crippen molar-refractivity contribution in [2.75, 3.05) is 20.2 Å². The predicted octanol–water partition coefficient (Wildman–Crippen LogP) is 0.669. The summed E-state index contributed by atoms with van der Waals surface area (Å²) in [5, 5.41) is 8.65. The number of aryl methyl sites for hydroxylation is 1. The van der Waals surface area contributed by atoms with Crippen LogP contribution in [0.1, 0.15) is 4.88 Å². The van der Waals surface area contributed by atoms with Crippen LogP contribution in [0.5, 0.6) is 0 Å². The lowest BCUT2D eigenvalue weighted by molar-refractivity contribution is 0.266. The molecule has 1 aromatic rings. The normalized spacial score (nSPS) is 12.3. The largest absolute Gasteiger partial charge is 0.395 e. The van der Waals surface area contributed by atoms with E-state index < -0.39 is 10.0 Å². The molecule has 0 aliphatic carbocycles. The maximum absolute atomic E-state index is 11.8. The van der Waals surface area contributed by atoms with E-state index in [0.717, 1.165) is 9.18 Å². The fourth-order valence-electron chi connectivity index (χ4n) is 0.965. The molecule has 0 aliphatic rings. The molecule has 0 radical (unpaired) electrons. The summed E-state index contributed by atoms with van der Waals surface area (Å²) >= 11 is 1.24. The summed E-state index contributed by atoms with van der Waals surface area (Å²) in [6, 6.07) is 3.35. The summed E-state index contributed by atoms with van der Waals surface area (Å²) < 4.78 is 25.0. The molecule has 0 saturated carbocycles. The maximum Gasteiger partial charge on any atom is 0.252 e. The molecule has 0 aliphatic heterocycles. The van der Waals surface area contributed by atoms with Gasteiger partial charge in [0.25, 0.3) is 10.0 Å². The quantitative estimate of drug-likeness (QED) is 0.834. The zero-order valence-electron chi connectivity index (χ0n) is 8.10. The Hall–Kier alpha value is -0.430. The third-order valence-electron chi connectivity index (χ3n) is 1.80. The Balaban J connectivity index is 2.96. The summed E-state index contributed by atoms with van der Waals surface area (Å²) in [7, 11) is -1.93. The molecule has 1 heterocycles. The van der Waals surface area contributed by atoms with E-state index in [0.29, 0.717) is 4.21 Å². The van der Waals surface area contributed by atoms with Crippen LogP contribution in [0.15, 0.2) is 16.3 Å². The van der Waals surface area contributed by atoms with Crippen LogP contribution >= 0.6 is 11.3 Å². The minimum atomic E-state index is -3.39. The second-order valence-electron chi connectivity index (χ2n) is 2.92. The highest BCUT2D eigenvalue weighted by molar-refractivity contribution is 7.91. The highest BCUT2D eigenvalue weighted by Crippen LogP contribution is 2.23. The van der Waals surface area contributed by atoms with Crippen molar-refractivity contribution in [3.63, 3.8) is 0 Å². The number of aliphatic hydroxyl groups is 1. The first kappa shape index (κ1) is 11.6. The van der Waals surface area contributed by atoms with Gasteiger partial charge in [-0.3, -0.25) is 0 Å². The van der Waals surface area contributed by atoms with Crippen LogP contribution in [-0.2, 0) is 10.0 Å². The van der Waals surface area contributed by atoms with Gasteiger partial charge in [-0.15, -0.1) is 11.3 Å². The Morgan fingerprint density at radius 2 is 2.14 bits per heavy atom. The lowest BCUT2D eigenvalue weighted by atomic mass is 10.5. The van der Waals surface area contributed by atoms with Gasteiger partial charge >= 0.3 is 0 Å². The van der Waals surface area contributed by atoms with Crippen LogP contribution < -0.4 is 0 Å². The molecule has 1 N–H and O–H groups in total. The second kappa shape index (κ2) is 4.39. The number of rotatable bonds is 4. The number of likely N-dealkylation sites (N-methyl/N-ethyl adjacent to an activating group) is 1. The van der Waals surface area contributed by atoms with Crippen molar-refractivity contribution in [1.82, 2.24) is 4.31 Å². The van der Waals surface area contributed by atoms with Gasteiger partial charge in [0.1, 0.15) is 4.21 Å². The maximum atomic E-state index is 11.8. The molecule has 1 aromatic heterocycles. The molecule has 0 fully saturated rings. The van der Waals surface area contributed by atoms with Gasteiger partial charge in [-0.25, -0.2) is 8.42 Å². The van der Waals surface area contributed by atoms with Crippen LogP contribution in [0.2, 0.25) is 0 Å². The summed E-state index contributed by atoms with van der Waals surface area (Å²) in [5.41, 5.74) is 0. The van der Waals surface area contributed by atoms with Crippen LogP contribution in [-0.4, -0.2) is 38.0 Å². The Morgan fingerprint density at radius 1 is 1.50 bits per heavy atom. The molecule has 14 heavy (non-hydrogen) atoms. The van der Waals surface area contributed by atoms with E-state index in [1.54, 1.807) is 12.1 Å². The van der Waals surface area contributed by atoms with Crippen LogP contribution in [0, 0.1) is 6.92 Å². The molecule has 0 spiro atoms. The molecule has 4 nitrogen and oxygen atoms in total. The van der Waals surface area contributed by atoms with Crippen molar-refractivity contribution in [1.29, 1.82) is 0 Å². The summed E-state index contributed by atoms with van der Waals surface area (Å²) in [5.74, 6) is 0. The van der Waals surface area contributed by atoms with E-state index >= 15 is 0 Å². The Morgan fingerprint density at radius 3 is 2.57 bits per heavy atom. The van der Waals surface area contributed by atoms with Crippen LogP contribution in [0.4, 0.5) is 0 Å². The van der Waals surface area contributed by atoms with E-state index in [9.17, 15) is 8.42 Å². The average molecular weight is 235 g/mol. The summed E-state index contributed by atoms with van der Waals surface area (Å²) in [6.45, 7) is 1.81. The highest BCUT2D eigenvalue weighted by Gasteiger charge is 2.21. The summed E-state index contributed by atoms with van der Waals surface area (Å²) in [4.78, 5) is 0.959. The monoisotopic (exact) mass is 235 g/mol. The molecule has 0 saturated heterocycles. The van der Waals surface area contributed by atoms with Gasteiger partial charge in [0, 0.05) is 18.5 Å². The third-order valence-corrected chi connectivity index (χ3v) is 5.12. The van der Waals surface area contributed by atoms with Gasteiger partial charge in [-0.1, -0.05) is 0 Å². The minimum Gasteiger partial charge on any atom is -0.395 e. The lowest BCUT2D eigenvalue weighted by Gasteiger charge is -2.13. The molecule has 0 amide bonds. The fourth-order valence-corrected chi connectivity index (χ4v) is 3.62. The predicted molar refractivity (Wildman–Crippen MR) is 56.0 cm³/mol. The third kappa shape index (κ3) is 2.33. The molecule has 0 aromatic carbocycles. The Labute approximate surface area is 87.8 Å². The number of sulfonamides is 1. The van der Waals surface area contributed by atoms with E-state index in [-0.39, 0.29) is 13.2 Å². The number of aliphatic hydroxyl groups excluding tert-OH is 1. The zero-order chi connectivity index (χ0) is 10.8. The van der Waals surface area contributed by atoms with Gasteiger partial charge in [-0.05, 0) is 19.1 Å². The van der Waals surface area contributed by atoms with Gasteiger partial charge in [0.2, 0.25) is 0 Å². The van der Waals surface area contributed by atoms with Crippen molar-refractivity contribution >= 4 is 21.4 Å². The molecule has 6 heteroatoms. The molecular formula is C8H13NO3S2. The number of nitrogens with zero attached hydrogens (tertiary/aromatic N) is 1. The van der Waals surface area contributed by atoms with Gasteiger partial charge < -0.3 is 5.11 Å². The van der Waals surface area contributed by atoms with Crippen LogP contribution in [0.25, 0.3) is 0 Å². The molecule has 80 valence electrons. The number of thiophene rings is 1. The highest BCUT2D eigenvalue weighted by atomic mass is 32.2. The fraction of sp³-hybridized carbons (Fsp3) is 0.500. The zero-order valence-corrected chi connectivity index (χ0v) is 9.73. The second-order valence-corrected chi connectivity index (χ2v) is 6.47. The molecule has 1 rings (SSSR count). The van der Waals surface area contributed by atoms with Gasteiger partial charge in [0.05, 0.1) is 6.61 Å².